The van der Waals surface area contributed by atoms with E-state index in [0.29, 0.717) is 0 Å². The molecule has 0 bridgehead atoms. The van der Waals surface area contributed by atoms with Crippen molar-refractivity contribution in [2.24, 2.45) is 0 Å². The summed E-state index contributed by atoms with van der Waals surface area (Å²) in [6.45, 7) is 5.69. The van der Waals surface area contributed by atoms with Gasteiger partial charge in [-0.05, 0) is 27.8 Å². The zero-order valence-electron chi connectivity index (χ0n) is 7.63. The Balaban J connectivity index is 4.24. The fraction of sp³-hybridized carbons (Fsp3) is 0.875. The molecule has 0 rings (SSSR count). The number of hydrogen-bond acceptors (Lipinski definition) is 3. The van der Waals surface area contributed by atoms with Gasteiger partial charge in [0.25, 0.3) is 0 Å². The fourth-order valence-electron chi connectivity index (χ4n) is 0.722. The molecule has 64 valence electrons. The summed E-state index contributed by atoms with van der Waals surface area (Å²) in [4.78, 5) is 1.85. The van der Waals surface area contributed by atoms with E-state index in [-0.39, 0.29) is 18.2 Å². The number of nitriles is 1. The van der Waals surface area contributed by atoms with Crippen LogP contribution in [0, 0.1) is 11.3 Å². The van der Waals surface area contributed by atoms with Crippen LogP contribution in [0.5, 0.6) is 0 Å². The SMILES string of the molecule is CC(C#N)N(C)C(C)(C)CO. The molecule has 0 aliphatic heterocycles. The third kappa shape index (κ3) is 2.49. The van der Waals surface area contributed by atoms with Gasteiger partial charge >= 0.3 is 0 Å². The number of aliphatic hydroxyl groups is 1. The van der Waals surface area contributed by atoms with Crippen molar-refractivity contribution in [3.8, 4) is 6.07 Å². The van der Waals surface area contributed by atoms with Crippen LogP contribution >= 0.6 is 0 Å². The number of nitrogens with zero attached hydrogens (tertiary/aromatic N) is 2. The Bertz CT molecular complexity index is 160. The van der Waals surface area contributed by atoms with Crippen LogP contribution in [0.4, 0.5) is 0 Å². The fourth-order valence-corrected chi connectivity index (χ4v) is 0.722. The molecule has 0 saturated carbocycles. The monoisotopic (exact) mass is 156 g/mol. The molecule has 1 unspecified atom stereocenters. The number of rotatable bonds is 3. The molecule has 0 aromatic heterocycles. The summed E-state index contributed by atoms with van der Waals surface area (Å²) in [5.74, 6) is 0. The van der Waals surface area contributed by atoms with E-state index >= 15 is 0 Å². The van der Waals surface area contributed by atoms with Crippen LogP contribution in [0.3, 0.4) is 0 Å². The van der Waals surface area contributed by atoms with Crippen LogP contribution in [-0.4, -0.2) is 35.2 Å². The van der Waals surface area contributed by atoms with E-state index in [0.717, 1.165) is 0 Å². The van der Waals surface area contributed by atoms with Gasteiger partial charge in [0.2, 0.25) is 0 Å². The highest BCUT2D eigenvalue weighted by Gasteiger charge is 2.25. The van der Waals surface area contributed by atoms with Gasteiger partial charge in [0.05, 0.1) is 18.7 Å². The highest BCUT2D eigenvalue weighted by atomic mass is 16.3. The Morgan fingerprint density at radius 3 is 2.36 bits per heavy atom. The maximum atomic E-state index is 8.96. The smallest absolute Gasteiger partial charge is 0.0951 e. The highest BCUT2D eigenvalue weighted by molar-refractivity contribution is 4.93. The summed E-state index contributed by atoms with van der Waals surface area (Å²) >= 11 is 0. The maximum Gasteiger partial charge on any atom is 0.0951 e. The van der Waals surface area contributed by atoms with E-state index in [9.17, 15) is 0 Å². The van der Waals surface area contributed by atoms with Crippen molar-refractivity contribution in [1.82, 2.24) is 4.90 Å². The molecule has 3 heteroatoms. The van der Waals surface area contributed by atoms with Gasteiger partial charge in [-0.3, -0.25) is 4.90 Å². The lowest BCUT2D eigenvalue weighted by atomic mass is 10.0. The average Bonchev–Trinajstić information content (AvgIpc) is 2.01. The van der Waals surface area contributed by atoms with Crippen LogP contribution in [-0.2, 0) is 0 Å². The van der Waals surface area contributed by atoms with E-state index in [1.165, 1.54) is 0 Å². The summed E-state index contributed by atoms with van der Waals surface area (Å²) in [5, 5.41) is 17.5. The van der Waals surface area contributed by atoms with Crippen molar-refractivity contribution in [1.29, 1.82) is 5.26 Å². The molecule has 0 aliphatic carbocycles. The molecular formula is C8H16N2O. The first-order valence-electron chi connectivity index (χ1n) is 3.69. The van der Waals surface area contributed by atoms with E-state index in [2.05, 4.69) is 6.07 Å². The second-order valence-corrected chi connectivity index (χ2v) is 3.39. The van der Waals surface area contributed by atoms with Gasteiger partial charge < -0.3 is 5.11 Å². The van der Waals surface area contributed by atoms with Gasteiger partial charge in [-0.1, -0.05) is 0 Å². The van der Waals surface area contributed by atoms with Crippen LogP contribution in [0.15, 0.2) is 0 Å². The van der Waals surface area contributed by atoms with Crippen molar-refractivity contribution in [2.75, 3.05) is 13.7 Å². The second kappa shape index (κ2) is 3.70. The van der Waals surface area contributed by atoms with Gasteiger partial charge in [0.1, 0.15) is 0 Å². The lowest BCUT2D eigenvalue weighted by Gasteiger charge is -2.35. The maximum absolute atomic E-state index is 8.96. The van der Waals surface area contributed by atoms with E-state index < -0.39 is 0 Å². The first kappa shape index (κ1) is 10.4. The van der Waals surface area contributed by atoms with Crippen LogP contribution in [0.25, 0.3) is 0 Å². The van der Waals surface area contributed by atoms with Gasteiger partial charge in [-0.15, -0.1) is 0 Å². The molecule has 11 heavy (non-hydrogen) atoms. The van der Waals surface area contributed by atoms with Gasteiger partial charge in [-0.2, -0.15) is 5.26 Å². The number of hydrogen-bond donors (Lipinski definition) is 1. The molecule has 1 atom stereocenters. The van der Waals surface area contributed by atoms with Gasteiger partial charge in [-0.25, -0.2) is 0 Å². The summed E-state index contributed by atoms with van der Waals surface area (Å²) in [5.41, 5.74) is -0.310. The topological polar surface area (TPSA) is 47.3 Å². The molecule has 0 spiro atoms. The molecule has 0 saturated heterocycles. The molecule has 0 aliphatic rings. The summed E-state index contributed by atoms with van der Waals surface area (Å²) in [6, 6.07) is 1.96. The molecule has 1 N–H and O–H groups in total. The third-order valence-corrected chi connectivity index (χ3v) is 2.11. The Morgan fingerprint density at radius 1 is 1.64 bits per heavy atom. The molecular weight excluding hydrogens is 140 g/mol. The zero-order valence-corrected chi connectivity index (χ0v) is 7.63. The van der Waals surface area contributed by atoms with Gasteiger partial charge in [0, 0.05) is 5.54 Å². The predicted molar refractivity (Wildman–Crippen MR) is 44.0 cm³/mol. The van der Waals surface area contributed by atoms with Crippen molar-refractivity contribution >= 4 is 0 Å². The van der Waals surface area contributed by atoms with Crippen molar-refractivity contribution in [3.05, 3.63) is 0 Å². The summed E-state index contributed by atoms with van der Waals surface area (Å²) < 4.78 is 0. The molecule has 0 radical (unpaired) electrons. The first-order chi connectivity index (χ1) is 4.95. The Kier molecular flexibility index (Phi) is 3.50. The minimum atomic E-state index is -0.310. The summed E-state index contributed by atoms with van der Waals surface area (Å²) in [7, 11) is 1.84. The average molecular weight is 156 g/mol. The zero-order chi connectivity index (χ0) is 9.07. The molecule has 0 heterocycles. The van der Waals surface area contributed by atoms with Crippen LogP contribution < -0.4 is 0 Å². The van der Waals surface area contributed by atoms with Crippen molar-refractivity contribution in [2.45, 2.75) is 32.4 Å². The van der Waals surface area contributed by atoms with Gasteiger partial charge in [0.15, 0.2) is 0 Å². The second-order valence-electron chi connectivity index (χ2n) is 3.39. The molecule has 0 aromatic carbocycles. The minimum Gasteiger partial charge on any atom is -0.394 e. The van der Waals surface area contributed by atoms with E-state index in [1.54, 1.807) is 0 Å². The molecule has 0 aromatic rings. The Hall–Kier alpha value is -0.590. The van der Waals surface area contributed by atoms with E-state index in [4.69, 9.17) is 10.4 Å². The number of aliphatic hydroxyl groups excluding tert-OH is 1. The molecule has 3 nitrogen and oxygen atoms in total. The quantitative estimate of drug-likeness (QED) is 0.651. The summed E-state index contributed by atoms with van der Waals surface area (Å²) in [6.07, 6.45) is 0. The molecule has 0 fully saturated rings. The van der Waals surface area contributed by atoms with Crippen molar-refractivity contribution in [3.63, 3.8) is 0 Å². The third-order valence-electron chi connectivity index (χ3n) is 2.11. The first-order valence-corrected chi connectivity index (χ1v) is 3.69. The minimum absolute atomic E-state index is 0.0650. The Labute approximate surface area is 68.2 Å². The lowest BCUT2D eigenvalue weighted by molar-refractivity contribution is 0.0662. The number of likely N-dealkylation sites (N-methyl/N-ethyl adjacent to an activating group) is 1. The van der Waals surface area contributed by atoms with Crippen LogP contribution in [0.2, 0.25) is 0 Å². The lowest BCUT2D eigenvalue weighted by Crippen LogP contribution is -2.48. The van der Waals surface area contributed by atoms with E-state index in [1.807, 2.05) is 32.7 Å². The highest BCUT2D eigenvalue weighted by Crippen LogP contribution is 2.13. The molecule has 0 amide bonds. The largest absolute Gasteiger partial charge is 0.394 e. The van der Waals surface area contributed by atoms with Crippen molar-refractivity contribution < 1.29 is 5.11 Å². The Morgan fingerprint density at radius 2 is 2.09 bits per heavy atom. The normalized spacial score (nSPS) is 14.6. The predicted octanol–water partition coefficient (Wildman–Crippen LogP) is 0.601. The standard InChI is InChI=1S/C8H16N2O/c1-7(5-9)10(4)8(2,3)6-11/h7,11H,6H2,1-4H3. The van der Waals surface area contributed by atoms with Crippen LogP contribution in [0.1, 0.15) is 20.8 Å².